The fraction of sp³-hybridized carbons (Fsp3) is 0.0476. The Kier molecular flexibility index (Phi) is 4.63. The van der Waals surface area contributed by atoms with E-state index in [0.29, 0.717) is 28.0 Å². The standard InChI is InChI=1S/C21H13ClN4O3/c22-15-5-6-16-14(10-24-17(16)8-15)7-18-20(28)26(21(29)25-18)19(11-27)13-3-1-12(9-23)2-4-13/h1-8,10-11,19,24H,(H,25,29)/b18-7-. The Morgan fingerprint density at radius 1 is 1.14 bits per heavy atom. The Labute approximate surface area is 170 Å². The van der Waals surface area contributed by atoms with Gasteiger partial charge >= 0.3 is 6.03 Å². The number of carbonyl (C=O) groups is 3. The van der Waals surface area contributed by atoms with Crippen molar-refractivity contribution < 1.29 is 14.4 Å². The molecule has 0 spiro atoms. The van der Waals surface area contributed by atoms with Gasteiger partial charge in [0.05, 0.1) is 11.6 Å². The van der Waals surface area contributed by atoms with Crippen LogP contribution in [0.15, 0.2) is 54.4 Å². The molecule has 4 rings (SSSR count). The van der Waals surface area contributed by atoms with Crippen molar-refractivity contribution in [3.8, 4) is 6.07 Å². The molecule has 0 aliphatic carbocycles. The van der Waals surface area contributed by atoms with Crippen LogP contribution in [0.3, 0.4) is 0 Å². The fourth-order valence-electron chi connectivity index (χ4n) is 3.24. The molecule has 8 heteroatoms. The predicted octanol–water partition coefficient (Wildman–Crippen LogP) is 3.53. The topological polar surface area (TPSA) is 106 Å². The molecule has 2 N–H and O–H groups in total. The summed E-state index contributed by atoms with van der Waals surface area (Å²) in [4.78, 5) is 40.9. The minimum absolute atomic E-state index is 0.0614. The largest absolute Gasteiger partial charge is 0.361 e. The fourth-order valence-corrected chi connectivity index (χ4v) is 3.41. The molecule has 1 aromatic heterocycles. The van der Waals surface area contributed by atoms with E-state index in [2.05, 4.69) is 10.3 Å². The highest BCUT2D eigenvalue weighted by molar-refractivity contribution is 6.31. The Hall–Kier alpha value is -3.89. The van der Waals surface area contributed by atoms with Gasteiger partial charge in [-0.15, -0.1) is 0 Å². The van der Waals surface area contributed by atoms with Gasteiger partial charge in [-0.25, -0.2) is 9.69 Å². The number of nitrogens with one attached hydrogen (secondary N) is 2. The highest BCUT2D eigenvalue weighted by Gasteiger charge is 2.39. The number of aldehydes is 1. The maximum atomic E-state index is 12.9. The summed E-state index contributed by atoms with van der Waals surface area (Å²) < 4.78 is 0. The van der Waals surface area contributed by atoms with Gasteiger partial charge < -0.3 is 15.1 Å². The van der Waals surface area contributed by atoms with Crippen LogP contribution < -0.4 is 5.32 Å². The van der Waals surface area contributed by atoms with E-state index in [9.17, 15) is 14.4 Å². The van der Waals surface area contributed by atoms with E-state index in [1.54, 1.807) is 36.5 Å². The van der Waals surface area contributed by atoms with E-state index in [4.69, 9.17) is 16.9 Å². The van der Waals surface area contributed by atoms with Crippen LogP contribution >= 0.6 is 11.6 Å². The Morgan fingerprint density at radius 3 is 2.59 bits per heavy atom. The number of aromatic amines is 1. The normalized spacial score (nSPS) is 16.1. The number of carbonyl (C=O) groups excluding carboxylic acids is 3. The molecule has 1 saturated heterocycles. The van der Waals surface area contributed by atoms with Crippen molar-refractivity contribution >= 4 is 46.8 Å². The van der Waals surface area contributed by atoms with Crippen LogP contribution in [0.2, 0.25) is 5.02 Å². The smallest absolute Gasteiger partial charge is 0.329 e. The molecule has 3 amide bonds. The SMILES string of the molecule is N#Cc1ccc(C(C=O)N2C(=O)N/C(=C\c3c[nH]c4cc(Cl)ccc34)C2=O)cc1. The van der Waals surface area contributed by atoms with Crippen LogP contribution in [0.5, 0.6) is 0 Å². The van der Waals surface area contributed by atoms with E-state index in [-0.39, 0.29) is 5.70 Å². The summed E-state index contributed by atoms with van der Waals surface area (Å²) in [5.74, 6) is -0.611. The number of fused-ring (bicyclic) bond motifs is 1. The van der Waals surface area contributed by atoms with Crippen molar-refractivity contribution in [2.24, 2.45) is 0 Å². The van der Waals surface area contributed by atoms with Gasteiger partial charge in [-0.2, -0.15) is 5.26 Å². The first kappa shape index (κ1) is 18.5. The lowest BCUT2D eigenvalue weighted by molar-refractivity contribution is -0.128. The number of urea groups is 1. The number of rotatable bonds is 4. The van der Waals surface area contributed by atoms with Crippen molar-refractivity contribution in [3.63, 3.8) is 0 Å². The first-order chi connectivity index (χ1) is 14.0. The van der Waals surface area contributed by atoms with Gasteiger partial charge in [0.1, 0.15) is 18.0 Å². The van der Waals surface area contributed by atoms with Gasteiger partial charge in [0.15, 0.2) is 0 Å². The van der Waals surface area contributed by atoms with Crippen LogP contribution in [0.4, 0.5) is 4.79 Å². The number of hydrogen-bond donors (Lipinski definition) is 2. The number of amides is 3. The second-order valence-electron chi connectivity index (χ2n) is 6.41. The van der Waals surface area contributed by atoms with Crippen molar-refractivity contribution in [3.05, 3.63) is 76.1 Å². The molecule has 2 heterocycles. The van der Waals surface area contributed by atoms with Crippen LogP contribution in [-0.4, -0.2) is 28.1 Å². The lowest BCUT2D eigenvalue weighted by atomic mass is 10.0. The van der Waals surface area contributed by atoms with Gasteiger partial charge in [-0.1, -0.05) is 29.8 Å². The number of halogens is 1. The zero-order chi connectivity index (χ0) is 20.5. The van der Waals surface area contributed by atoms with Crippen molar-refractivity contribution in [2.75, 3.05) is 0 Å². The Balaban J connectivity index is 1.67. The number of H-pyrrole nitrogens is 1. The average Bonchev–Trinajstić information content (AvgIpc) is 3.24. The minimum Gasteiger partial charge on any atom is -0.361 e. The molecule has 1 aliphatic heterocycles. The quantitative estimate of drug-likeness (QED) is 0.394. The lowest BCUT2D eigenvalue weighted by Gasteiger charge is -2.19. The molecule has 0 radical (unpaired) electrons. The molecule has 2 aromatic carbocycles. The third-order valence-electron chi connectivity index (χ3n) is 4.67. The van der Waals surface area contributed by atoms with Crippen LogP contribution in [0, 0.1) is 11.3 Å². The minimum atomic E-state index is -1.09. The summed E-state index contributed by atoms with van der Waals surface area (Å²) in [6.07, 6.45) is 3.77. The predicted molar refractivity (Wildman–Crippen MR) is 107 cm³/mol. The number of imide groups is 1. The van der Waals surface area contributed by atoms with Crippen LogP contribution in [0.25, 0.3) is 17.0 Å². The molecular formula is C21H13ClN4O3. The molecule has 7 nitrogen and oxygen atoms in total. The molecule has 0 bridgehead atoms. The molecule has 142 valence electrons. The number of nitriles is 1. The second kappa shape index (κ2) is 7.26. The molecule has 1 fully saturated rings. The van der Waals surface area contributed by atoms with Crippen molar-refractivity contribution in [2.45, 2.75) is 6.04 Å². The van der Waals surface area contributed by atoms with Gasteiger partial charge in [0.2, 0.25) is 0 Å². The van der Waals surface area contributed by atoms with Crippen molar-refractivity contribution in [1.29, 1.82) is 5.26 Å². The molecule has 1 aliphatic rings. The van der Waals surface area contributed by atoms with E-state index in [1.165, 1.54) is 12.1 Å². The van der Waals surface area contributed by atoms with Gasteiger partial charge in [-0.05, 0) is 35.9 Å². The second-order valence-corrected chi connectivity index (χ2v) is 6.85. The van der Waals surface area contributed by atoms with E-state index < -0.39 is 18.0 Å². The summed E-state index contributed by atoms with van der Waals surface area (Å²) in [6.45, 7) is 0. The zero-order valence-corrected chi connectivity index (χ0v) is 15.6. The highest BCUT2D eigenvalue weighted by Crippen LogP contribution is 2.28. The van der Waals surface area contributed by atoms with Gasteiger partial charge in [-0.3, -0.25) is 4.79 Å². The van der Waals surface area contributed by atoms with Crippen LogP contribution in [-0.2, 0) is 9.59 Å². The molecule has 1 unspecified atom stereocenters. The maximum absolute atomic E-state index is 12.9. The maximum Gasteiger partial charge on any atom is 0.329 e. The number of hydrogen-bond acceptors (Lipinski definition) is 4. The van der Waals surface area contributed by atoms with Crippen LogP contribution in [0.1, 0.15) is 22.7 Å². The highest BCUT2D eigenvalue weighted by atomic mass is 35.5. The third-order valence-corrected chi connectivity index (χ3v) is 4.91. The van der Waals surface area contributed by atoms with Gasteiger partial charge in [0.25, 0.3) is 5.91 Å². The first-order valence-electron chi connectivity index (χ1n) is 8.60. The number of benzene rings is 2. The Bertz CT molecular complexity index is 1220. The van der Waals surface area contributed by atoms with E-state index in [0.717, 1.165) is 15.8 Å². The summed E-state index contributed by atoms with van der Waals surface area (Å²) in [5.41, 5.74) is 2.40. The summed E-state index contributed by atoms with van der Waals surface area (Å²) in [5, 5.41) is 12.8. The summed E-state index contributed by atoms with van der Waals surface area (Å²) in [7, 11) is 0. The summed E-state index contributed by atoms with van der Waals surface area (Å²) in [6, 6.07) is 11.6. The zero-order valence-electron chi connectivity index (χ0n) is 14.8. The molecule has 3 aromatic rings. The molecule has 1 atom stereocenters. The average molecular weight is 405 g/mol. The van der Waals surface area contributed by atoms with Gasteiger partial charge in [0, 0.05) is 27.7 Å². The van der Waals surface area contributed by atoms with Crippen molar-refractivity contribution in [1.82, 2.24) is 15.2 Å². The molecule has 29 heavy (non-hydrogen) atoms. The monoisotopic (exact) mass is 404 g/mol. The molecular weight excluding hydrogens is 392 g/mol. The number of nitrogens with zero attached hydrogens (tertiary/aromatic N) is 2. The third kappa shape index (κ3) is 3.26. The summed E-state index contributed by atoms with van der Waals surface area (Å²) >= 11 is 5.98. The number of aromatic nitrogens is 1. The lowest BCUT2D eigenvalue weighted by Crippen LogP contribution is -2.35. The molecule has 0 saturated carbocycles. The Morgan fingerprint density at radius 2 is 1.90 bits per heavy atom. The van der Waals surface area contributed by atoms with E-state index >= 15 is 0 Å². The first-order valence-corrected chi connectivity index (χ1v) is 8.98. The van der Waals surface area contributed by atoms with E-state index in [1.807, 2.05) is 12.1 Å².